The molecule has 0 spiro atoms. The van der Waals surface area contributed by atoms with Gasteiger partial charge in [-0.25, -0.2) is 0 Å². The zero-order valence-corrected chi connectivity index (χ0v) is 10.00. The number of hydrogen-bond donors (Lipinski definition) is 1. The predicted octanol–water partition coefficient (Wildman–Crippen LogP) is 3.92. The summed E-state index contributed by atoms with van der Waals surface area (Å²) in [5.74, 6) is 0. The molecule has 1 nitrogen and oxygen atoms in total. The van der Waals surface area contributed by atoms with E-state index in [-0.39, 0.29) is 0 Å². The largest absolute Gasteiger partial charge is 0.310 e. The van der Waals surface area contributed by atoms with Crippen LogP contribution in [0.25, 0.3) is 0 Å². The maximum Gasteiger partial charge on any atom is 0.0320 e. The summed E-state index contributed by atoms with van der Waals surface area (Å²) < 4.78 is 0. The van der Waals surface area contributed by atoms with E-state index in [2.05, 4.69) is 49.5 Å². The summed E-state index contributed by atoms with van der Waals surface area (Å²) in [6, 6.07) is 11.3. The lowest BCUT2D eigenvalue weighted by atomic mass is 10.0. The van der Waals surface area contributed by atoms with Gasteiger partial charge < -0.3 is 5.32 Å². The Morgan fingerprint density at radius 1 is 1.07 bits per heavy atom. The van der Waals surface area contributed by atoms with E-state index in [1.807, 2.05) is 0 Å². The molecule has 0 heterocycles. The van der Waals surface area contributed by atoms with Crippen molar-refractivity contribution in [3.05, 3.63) is 35.9 Å². The third-order valence-corrected chi connectivity index (χ3v) is 2.70. The molecule has 84 valence electrons. The standard InChI is InChI=1S/C14H23N/c1-3-5-12-15-14(9-4-2)13-10-7-6-8-11-13/h6-8,10-11,14-15H,3-5,9,12H2,1-2H3/t14-/m0/s1. The minimum atomic E-state index is 0.544. The Hall–Kier alpha value is -0.820. The molecule has 0 saturated heterocycles. The first-order valence-corrected chi connectivity index (χ1v) is 6.16. The van der Waals surface area contributed by atoms with E-state index in [0.717, 1.165) is 6.54 Å². The van der Waals surface area contributed by atoms with Crippen LogP contribution in [0, 0.1) is 0 Å². The highest BCUT2D eigenvalue weighted by Crippen LogP contribution is 2.17. The SMILES string of the molecule is CCCCN[C@@H](CCC)c1ccccc1. The van der Waals surface area contributed by atoms with Crippen molar-refractivity contribution < 1.29 is 0 Å². The van der Waals surface area contributed by atoms with E-state index < -0.39 is 0 Å². The van der Waals surface area contributed by atoms with Crippen LogP contribution >= 0.6 is 0 Å². The van der Waals surface area contributed by atoms with Gasteiger partial charge in [-0.3, -0.25) is 0 Å². The number of hydrogen-bond acceptors (Lipinski definition) is 1. The van der Waals surface area contributed by atoms with Crippen molar-refractivity contribution in [3.8, 4) is 0 Å². The first kappa shape index (κ1) is 12.3. The Balaban J connectivity index is 2.50. The van der Waals surface area contributed by atoms with Gasteiger partial charge in [-0.1, -0.05) is 57.0 Å². The summed E-state index contributed by atoms with van der Waals surface area (Å²) in [7, 11) is 0. The van der Waals surface area contributed by atoms with E-state index in [9.17, 15) is 0 Å². The molecule has 1 N–H and O–H groups in total. The monoisotopic (exact) mass is 205 g/mol. The maximum absolute atomic E-state index is 3.64. The molecule has 0 unspecified atom stereocenters. The second-order valence-corrected chi connectivity index (χ2v) is 4.06. The summed E-state index contributed by atoms with van der Waals surface area (Å²) in [4.78, 5) is 0. The van der Waals surface area contributed by atoms with Crippen molar-refractivity contribution in [1.29, 1.82) is 0 Å². The number of nitrogens with one attached hydrogen (secondary N) is 1. The minimum absolute atomic E-state index is 0.544. The van der Waals surface area contributed by atoms with E-state index in [1.54, 1.807) is 0 Å². The smallest absolute Gasteiger partial charge is 0.0320 e. The second-order valence-electron chi connectivity index (χ2n) is 4.06. The second kappa shape index (κ2) is 7.47. The van der Waals surface area contributed by atoms with Crippen LogP contribution in [0.2, 0.25) is 0 Å². The van der Waals surface area contributed by atoms with Crippen LogP contribution in [-0.4, -0.2) is 6.54 Å². The fraction of sp³-hybridized carbons (Fsp3) is 0.571. The molecule has 0 aromatic heterocycles. The van der Waals surface area contributed by atoms with E-state index in [4.69, 9.17) is 0 Å². The number of benzene rings is 1. The van der Waals surface area contributed by atoms with Gasteiger partial charge >= 0.3 is 0 Å². The van der Waals surface area contributed by atoms with Crippen molar-refractivity contribution in [1.82, 2.24) is 5.32 Å². The Kier molecular flexibility index (Phi) is 6.10. The minimum Gasteiger partial charge on any atom is -0.310 e. The van der Waals surface area contributed by atoms with Crippen molar-refractivity contribution in [2.45, 2.75) is 45.6 Å². The molecular weight excluding hydrogens is 182 g/mol. The molecule has 0 aliphatic carbocycles. The molecule has 15 heavy (non-hydrogen) atoms. The Morgan fingerprint density at radius 2 is 1.80 bits per heavy atom. The predicted molar refractivity (Wildman–Crippen MR) is 67.0 cm³/mol. The maximum atomic E-state index is 3.64. The van der Waals surface area contributed by atoms with Crippen LogP contribution in [0.1, 0.15) is 51.1 Å². The average molecular weight is 205 g/mol. The van der Waals surface area contributed by atoms with Gasteiger partial charge in [0.25, 0.3) is 0 Å². The summed E-state index contributed by atoms with van der Waals surface area (Å²) in [6.45, 7) is 5.62. The van der Waals surface area contributed by atoms with Crippen molar-refractivity contribution in [2.75, 3.05) is 6.54 Å². The highest BCUT2D eigenvalue weighted by Gasteiger charge is 2.07. The molecule has 0 aliphatic rings. The first-order valence-electron chi connectivity index (χ1n) is 6.16. The lowest BCUT2D eigenvalue weighted by molar-refractivity contribution is 0.486. The molecule has 1 aromatic rings. The topological polar surface area (TPSA) is 12.0 Å². The molecule has 0 bridgehead atoms. The summed E-state index contributed by atoms with van der Waals surface area (Å²) in [5.41, 5.74) is 1.43. The molecule has 1 rings (SSSR count). The van der Waals surface area contributed by atoms with Gasteiger partial charge in [0.2, 0.25) is 0 Å². The highest BCUT2D eigenvalue weighted by molar-refractivity contribution is 5.18. The normalized spacial score (nSPS) is 12.7. The molecule has 0 fully saturated rings. The fourth-order valence-electron chi connectivity index (χ4n) is 1.81. The summed E-state index contributed by atoms with van der Waals surface area (Å²) in [5, 5.41) is 3.64. The van der Waals surface area contributed by atoms with Crippen LogP contribution in [0.5, 0.6) is 0 Å². The number of rotatable bonds is 7. The van der Waals surface area contributed by atoms with Crippen LogP contribution in [-0.2, 0) is 0 Å². The van der Waals surface area contributed by atoms with Gasteiger partial charge in [0, 0.05) is 6.04 Å². The van der Waals surface area contributed by atoms with Crippen LogP contribution < -0.4 is 5.32 Å². The van der Waals surface area contributed by atoms with Gasteiger partial charge in [0.05, 0.1) is 0 Å². The molecule has 1 heteroatoms. The van der Waals surface area contributed by atoms with Crippen LogP contribution in [0.15, 0.2) is 30.3 Å². The third-order valence-electron chi connectivity index (χ3n) is 2.70. The van der Waals surface area contributed by atoms with E-state index in [1.165, 1.54) is 31.2 Å². The van der Waals surface area contributed by atoms with Gasteiger partial charge in [-0.05, 0) is 24.9 Å². The van der Waals surface area contributed by atoms with E-state index in [0.29, 0.717) is 6.04 Å². The summed E-state index contributed by atoms with van der Waals surface area (Å²) >= 11 is 0. The zero-order valence-electron chi connectivity index (χ0n) is 10.00. The summed E-state index contributed by atoms with van der Waals surface area (Å²) in [6.07, 6.45) is 5.00. The molecule has 1 aromatic carbocycles. The van der Waals surface area contributed by atoms with Crippen LogP contribution in [0.3, 0.4) is 0 Å². The fourth-order valence-corrected chi connectivity index (χ4v) is 1.81. The molecule has 0 aliphatic heterocycles. The molecule has 0 radical (unpaired) electrons. The van der Waals surface area contributed by atoms with Crippen molar-refractivity contribution >= 4 is 0 Å². The Morgan fingerprint density at radius 3 is 2.40 bits per heavy atom. The third kappa shape index (κ3) is 4.48. The number of unbranched alkanes of at least 4 members (excludes halogenated alkanes) is 1. The van der Waals surface area contributed by atoms with Crippen molar-refractivity contribution in [2.24, 2.45) is 0 Å². The first-order chi connectivity index (χ1) is 7.38. The van der Waals surface area contributed by atoms with Gasteiger partial charge in [-0.2, -0.15) is 0 Å². The average Bonchev–Trinajstić information content (AvgIpc) is 2.29. The Bertz CT molecular complexity index is 243. The van der Waals surface area contributed by atoms with Gasteiger partial charge in [-0.15, -0.1) is 0 Å². The van der Waals surface area contributed by atoms with Crippen molar-refractivity contribution in [3.63, 3.8) is 0 Å². The van der Waals surface area contributed by atoms with E-state index >= 15 is 0 Å². The van der Waals surface area contributed by atoms with Gasteiger partial charge in [0.1, 0.15) is 0 Å². The lowest BCUT2D eigenvalue weighted by Crippen LogP contribution is -2.22. The zero-order chi connectivity index (χ0) is 10.9. The lowest BCUT2D eigenvalue weighted by Gasteiger charge is -2.18. The Labute approximate surface area is 93.9 Å². The van der Waals surface area contributed by atoms with Crippen LogP contribution in [0.4, 0.5) is 0 Å². The highest BCUT2D eigenvalue weighted by atomic mass is 14.9. The molecule has 0 amide bonds. The van der Waals surface area contributed by atoms with Gasteiger partial charge in [0.15, 0.2) is 0 Å². The molecule has 1 atom stereocenters. The molecular formula is C14H23N. The quantitative estimate of drug-likeness (QED) is 0.665. The molecule has 0 saturated carbocycles.